The van der Waals surface area contributed by atoms with Crippen molar-refractivity contribution in [3.8, 4) is 0 Å². The summed E-state index contributed by atoms with van der Waals surface area (Å²) in [6, 6.07) is 10.6. The monoisotopic (exact) mass is 319 g/mol. The predicted octanol–water partition coefficient (Wildman–Crippen LogP) is 4.35. The summed E-state index contributed by atoms with van der Waals surface area (Å²) in [6.45, 7) is 0.637. The maximum absolute atomic E-state index is 13.0. The van der Waals surface area contributed by atoms with E-state index in [0.717, 1.165) is 21.1 Å². The van der Waals surface area contributed by atoms with Gasteiger partial charge < -0.3 is 11.1 Å². The molecule has 2 aromatic carbocycles. The lowest BCUT2D eigenvalue weighted by molar-refractivity contribution is 0.628. The molecule has 1 aromatic heterocycles. The van der Waals surface area contributed by atoms with Crippen LogP contribution in [0.5, 0.6) is 0 Å². The Balaban J connectivity index is 1.78. The number of nitrogen functional groups attached to an aromatic ring is 1. The fourth-order valence-corrected chi connectivity index (χ4v) is 3.59. The third kappa shape index (κ3) is 3.11. The molecule has 1 heterocycles. The third-order valence-corrected chi connectivity index (χ3v) is 5.11. The first-order valence-electron chi connectivity index (χ1n) is 6.38. The minimum Gasteiger partial charge on any atom is -0.397 e. The second kappa shape index (κ2) is 5.91. The van der Waals surface area contributed by atoms with E-state index >= 15 is 0 Å². The van der Waals surface area contributed by atoms with E-state index in [0.29, 0.717) is 12.2 Å². The van der Waals surface area contributed by atoms with Crippen LogP contribution in [0.1, 0.15) is 5.56 Å². The standard InChI is InChI=1S/C15H14FN3S2/c1-20-15-19-13-4-2-9(6-14(13)21-15)8-18-12-5-3-10(16)7-11(12)17/h2-7,18H,8,17H2,1H3. The highest BCUT2D eigenvalue weighted by Gasteiger charge is 2.05. The van der Waals surface area contributed by atoms with E-state index < -0.39 is 0 Å². The zero-order valence-corrected chi connectivity index (χ0v) is 13.0. The molecule has 0 radical (unpaired) electrons. The number of thioether (sulfide) groups is 1. The van der Waals surface area contributed by atoms with Crippen LogP contribution in [-0.4, -0.2) is 11.2 Å². The summed E-state index contributed by atoms with van der Waals surface area (Å²) in [7, 11) is 0. The number of thiazole rings is 1. The highest BCUT2D eigenvalue weighted by molar-refractivity contribution is 8.00. The van der Waals surface area contributed by atoms with Crippen LogP contribution < -0.4 is 11.1 Å². The van der Waals surface area contributed by atoms with Crippen LogP contribution in [0, 0.1) is 5.82 Å². The molecule has 0 unspecified atom stereocenters. The highest BCUT2D eigenvalue weighted by atomic mass is 32.2. The van der Waals surface area contributed by atoms with E-state index in [9.17, 15) is 4.39 Å². The number of aromatic nitrogens is 1. The van der Waals surface area contributed by atoms with Crippen molar-refractivity contribution in [2.75, 3.05) is 17.3 Å². The lowest BCUT2D eigenvalue weighted by Crippen LogP contribution is -2.02. The molecule has 0 aliphatic rings. The second-order valence-corrected chi connectivity index (χ2v) is 6.66. The average molecular weight is 319 g/mol. The molecule has 0 amide bonds. The van der Waals surface area contributed by atoms with Crippen LogP contribution in [0.15, 0.2) is 40.7 Å². The molecule has 0 atom stereocenters. The lowest BCUT2D eigenvalue weighted by atomic mass is 10.2. The summed E-state index contributed by atoms with van der Waals surface area (Å²) in [5, 5.41) is 3.23. The van der Waals surface area contributed by atoms with Crippen LogP contribution in [-0.2, 0) is 6.54 Å². The quantitative estimate of drug-likeness (QED) is 0.554. The molecule has 21 heavy (non-hydrogen) atoms. The number of hydrogen-bond acceptors (Lipinski definition) is 5. The van der Waals surface area contributed by atoms with E-state index in [1.807, 2.05) is 18.4 Å². The Kier molecular flexibility index (Phi) is 3.98. The van der Waals surface area contributed by atoms with Crippen LogP contribution >= 0.6 is 23.1 Å². The summed E-state index contributed by atoms with van der Waals surface area (Å²) >= 11 is 3.34. The molecule has 3 N–H and O–H groups in total. The minimum atomic E-state index is -0.325. The smallest absolute Gasteiger partial charge is 0.150 e. The number of fused-ring (bicyclic) bond motifs is 1. The van der Waals surface area contributed by atoms with Gasteiger partial charge in [-0.1, -0.05) is 17.8 Å². The van der Waals surface area contributed by atoms with Gasteiger partial charge in [-0.25, -0.2) is 9.37 Å². The van der Waals surface area contributed by atoms with Gasteiger partial charge in [-0.3, -0.25) is 0 Å². The molecular weight excluding hydrogens is 305 g/mol. The minimum absolute atomic E-state index is 0.325. The van der Waals surface area contributed by atoms with E-state index in [-0.39, 0.29) is 5.82 Å². The van der Waals surface area contributed by atoms with Crippen LogP contribution in [0.4, 0.5) is 15.8 Å². The fourth-order valence-electron chi connectivity index (χ4n) is 2.04. The molecule has 3 rings (SSSR count). The number of nitrogens with one attached hydrogen (secondary N) is 1. The van der Waals surface area contributed by atoms with Crippen LogP contribution in [0.25, 0.3) is 10.2 Å². The van der Waals surface area contributed by atoms with E-state index in [2.05, 4.69) is 16.4 Å². The average Bonchev–Trinajstić information content (AvgIpc) is 2.88. The van der Waals surface area contributed by atoms with Gasteiger partial charge in [-0.15, -0.1) is 11.3 Å². The van der Waals surface area contributed by atoms with Crippen molar-refractivity contribution >= 4 is 44.7 Å². The van der Waals surface area contributed by atoms with Crippen molar-refractivity contribution in [3.63, 3.8) is 0 Å². The predicted molar refractivity (Wildman–Crippen MR) is 89.5 cm³/mol. The van der Waals surface area contributed by atoms with Gasteiger partial charge in [-0.2, -0.15) is 0 Å². The van der Waals surface area contributed by atoms with Gasteiger partial charge in [0.25, 0.3) is 0 Å². The highest BCUT2D eigenvalue weighted by Crippen LogP contribution is 2.29. The molecule has 3 aromatic rings. The van der Waals surface area contributed by atoms with Crippen molar-refractivity contribution in [2.45, 2.75) is 10.9 Å². The number of benzene rings is 2. The number of rotatable bonds is 4. The molecule has 3 nitrogen and oxygen atoms in total. The first kappa shape index (κ1) is 14.2. The van der Waals surface area contributed by atoms with E-state index in [1.54, 1.807) is 29.2 Å². The maximum Gasteiger partial charge on any atom is 0.150 e. The summed E-state index contributed by atoms with van der Waals surface area (Å²) < 4.78 is 15.2. The number of nitrogens with zero attached hydrogens (tertiary/aromatic N) is 1. The normalized spacial score (nSPS) is 11.0. The van der Waals surface area contributed by atoms with E-state index in [4.69, 9.17) is 5.73 Å². The molecule has 0 bridgehead atoms. The Morgan fingerprint density at radius 1 is 1.29 bits per heavy atom. The summed E-state index contributed by atoms with van der Waals surface area (Å²) in [4.78, 5) is 4.51. The van der Waals surface area contributed by atoms with Crippen LogP contribution in [0.3, 0.4) is 0 Å². The zero-order valence-electron chi connectivity index (χ0n) is 11.4. The molecule has 0 aliphatic carbocycles. The van der Waals surface area contributed by atoms with Crippen molar-refractivity contribution in [1.82, 2.24) is 4.98 Å². The van der Waals surface area contributed by atoms with Gasteiger partial charge in [0.2, 0.25) is 0 Å². The fraction of sp³-hybridized carbons (Fsp3) is 0.133. The molecule has 6 heteroatoms. The number of nitrogens with two attached hydrogens (primary N) is 1. The van der Waals surface area contributed by atoms with Gasteiger partial charge >= 0.3 is 0 Å². The van der Waals surface area contributed by atoms with Gasteiger partial charge in [0.1, 0.15) is 5.82 Å². The van der Waals surface area contributed by atoms with Gasteiger partial charge in [0.15, 0.2) is 4.34 Å². The zero-order chi connectivity index (χ0) is 14.8. The van der Waals surface area contributed by atoms with Gasteiger partial charge in [0.05, 0.1) is 21.6 Å². The Hall–Kier alpha value is -1.79. The second-order valence-electron chi connectivity index (χ2n) is 4.57. The molecule has 0 fully saturated rings. The first-order chi connectivity index (χ1) is 10.2. The SMILES string of the molecule is CSc1nc2ccc(CNc3ccc(F)cc3N)cc2s1. The van der Waals surface area contributed by atoms with E-state index in [1.165, 1.54) is 16.8 Å². The van der Waals surface area contributed by atoms with Crippen molar-refractivity contribution in [1.29, 1.82) is 0 Å². The topological polar surface area (TPSA) is 50.9 Å². The van der Waals surface area contributed by atoms with Crippen molar-refractivity contribution in [2.24, 2.45) is 0 Å². The number of anilines is 2. The summed E-state index contributed by atoms with van der Waals surface area (Å²) in [5.41, 5.74) is 9.10. The Labute approximate surface area is 130 Å². The van der Waals surface area contributed by atoms with Crippen molar-refractivity contribution < 1.29 is 4.39 Å². The Morgan fingerprint density at radius 2 is 2.14 bits per heavy atom. The largest absolute Gasteiger partial charge is 0.397 e. The maximum atomic E-state index is 13.0. The van der Waals surface area contributed by atoms with Gasteiger partial charge in [-0.05, 0) is 42.2 Å². The molecule has 108 valence electrons. The third-order valence-electron chi connectivity index (χ3n) is 3.10. The summed E-state index contributed by atoms with van der Waals surface area (Å²) in [5.74, 6) is -0.325. The van der Waals surface area contributed by atoms with Crippen LogP contribution in [0.2, 0.25) is 0 Å². The Morgan fingerprint density at radius 3 is 2.90 bits per heavy atom. The lowest BCUT2D eigenvalue weighted by Gasteiger charge is -2.09. The summed E-state index contributed by atoms with van der Waals surface area (Å²) in [6.07, 6.45) is 2.03. The molecule has 0 aliphatic heterocycles. The number of halogens is 1. The first-order valence-corrected chi connectivity index (χ1v) is 8.42. The molecule has 0 saturated carbocycles. The van der Waals surface area contributed by atoms with Gasteiger partial charge in [0, 0.05) is 6.54 Å². The molecule has 0 spiro atoms. The molecule has 0 saturated heterocycles. The van der Waals surface area contributed by atoms with Crippen molar-refractivity contribution in [3.05, 3.63) is 47.8 Å². The Bertz CT molecular complexity index is 786. The molecular formula is C15H14FN3S2. The number of hydrogen-bond donors (Lipinski definition) is 2.